The number of aryl methyl sites for hydroxylation is 1. The van der Waals surface area contributed by atoms with Crippen molar-refractivity contribution < 1.29 is 9.63 Å². The second-order valence-electron chi connectivity index (χ2n) is 6.97. The molecule has 3 heterocycles. The molecule has 0 radical (unpaired) electrons. The van der Waals surface area contributed by atoms with Gasteiger partial charge in [0, 0.05) is 18.2 Å². The van der Waals surface area contributed by atoms with Gasteiger partial charge in [0.2, 0.25) is 5.82 Å². The topological polar surface area (TPSA) is 101 Å². The Labute approximate surface area is 161 Å². The molecule has 0 aliphatic heterocycles. The van der Waals surface area contributed by atoms with E-state index in [2.05, 4.69) is 31.6 Å². The third kappa shape index (κ3) is 2.87. The summed E-state index contributed by atoms with van der Waals surface area (Å²) in [5.41, 5.74) is 5.71. The second-order valence-corrected chi connectivity index (χ2v) is 6.97. The third-order valence-corrected chi connectivity index (χ3v) is 5.11. The highest BCUT2D eigenvalue weighted by atomic mass is 16.5. The molecule has 0 amide bonds. The number of nitrogens with one attached hydrogen (secondary N) is 1. The van der Waals surface area contributed by atoms with Crippen molar-refractivity contribution in [3.8, 4) is 23.0 Å². The maximum absolute atomic E-state index is 9.08. The summed E-state index contributed by atoms with van der Waals surface area (Å²) in [6.45, 7) is 2.65. The van der Waals surface area contributed by atoms with Gasteiger partial charge in [0.15, 0.2) is 5.65 Å². The van der Waals surface area contributed by atoms with E-state index in [0.29, 0.717) is 24.0 Å². The number of aliphatic hydroxyl groups excluding tert-OH is 1. The minimum Gasteiger partial charge on any atom is -0.395 e. The monoisotopic (exact) mass is 376 g/mol. The Morgan fingerprint density at radius 3 is 3.07 bits per heavy atom. The predicted molar refractivity (Wildman–Crippen MR) is 103 cm³/mol. The Hall–Kier alpha value is -3.10. The van der Waals surface area contributed by atoms with Gasteiger partial charge in [-0.3, -0.25) is 0 Å². The van der Waals surface area contributed by atoms with E-state index in [1.807, 2.05) is 31.2 Å². The minimum absolute atomic E-state index is 0.132. The van der Waals surface area contributed by atoms with Gasteiger partial charge >= 0.3 is 0 Å². The number of imidazole rings is 1. The smallest absolute Gasteiger partial charge is 0.278 e. The molecule has 5 rings (SSSR count). The lowest BCUT2D eigenvalue weighted by atomic mass is 10.0. The molecule has 8 heteroatoms. The van der Waals surface area contributed by atoms with E-state index in [1.165, 1.54) is 11.1 Å². The van der Waals surface area contributed by atoms with Gasteiger partial charge < -0.3 is 14.9 Å². The van der Waals surface area contributed by atoms with Gasteiger partial charge in [-0.1, -0.05) is 23.4 Å². The molecule has 3 aromatic heterocycles. The van der Waals surface area contributed by atoms with Crippen molar-refractivity contribution in [2.45, 2.75) is 25.8 Å². The van der Waals surface area contributed by atoms with Crippen LogP contribution >= 0.6 is 0 Å². The highest BCUT2D eigenvalue weighted by Gasteiger charge is 2.26. The fraction of sp³-hybridized carbons (Fsp3) is 0.300. The van der Waals surface area contributed by atoms with Crippen LogP contribution in [0.3, 0.4) is 0 Å². The predicted octanol–water partition coefficient (Wildman–Crippen LogP) is 2.32. The number of aliphatic hydroxyl groups is 1. The average molecular weight is 376 g/mol. The van der Waals surface area contributed by atoms with Gasteiger partial charge in [0.25, 0.3) is 5.89 Å². The van der Waals surface area contributed by atoms with Crippen molar-refractivity contribution in [1.29, 1.82) is 0 Å². The van der Waals surface area contributed by atoms with Gasteiger partial charge in [0.05, 0.1) is 18.5 Å². The normalized spacial score (nSPS) is 16.0. The molecule has 1 aliphatic rings. The van der Waals surface area contributed by atoms with E-state index in [9.17, 15) is 0 Å². The Bertz CT molecular complexity index is 1150. The van der Waals surface area contributed by atoms with Crippen molar-refractivity contribution in [1.82, 2.24) is 30.1 Å². The van der Waals surface area contributed by atoms with Crippen LogP contribution in [0.15, 0.2) is 41.1 Å². The molecule has 2 N–H and O–H groups in total. The zero-order chi connectivity index (χ0) is 19.1. The number of rotatable bonds is 5. The molecule has 8 nitrogen and oxygen atoms in total. The van der Waals surface area contributed by atoms with Crippen molar-refractivity contribution in [2.75, 3.05) is 13.2 Å². The zero-order valence-corrected chi connectivity index (χ0v) is 15.5. The first kappa shape index (κ1) is 17.0. The first-order valence-corrected chi connectivity index (χ1v) is 9.36. The third-order valence-electron chi connectivity index (χ3n) is 5.11. The van der Waals surface area contributed by atoms with Gasteiger partial charge in [-0.15, -0.1) is 0 Å². The van der Waals surface area contributed by atoms with Crippen molar-refractivity contribution in [3.63, 3.8) is 0 Å². The van der Waals surface area contributed by atoms with Gasteiger partial charge in [-0.25, -0.2) is 9.50 Å². The van der Waals surface area contributed by atoms with Crippen LogP contribution in [0, 0.1) is 6.92 Å². The van der Waals surface area contributed by atoms with Gasteiger partial charge in [-0.05, 0) is 43.0 Å². The fourth-order valence-electron chi connectivity index (χ4n) is 3.83. The molecule has 1 unspecified atom stereocenters. The van der Waals surface area contributed by atoms with Crippen LogP contribution in [0.2, 0.25) is 0 Å². The first-order valence-electron chi connectivity index (χ1n) is 9.36. The summed E-state index contributed by atoms with van der Waals surface area (Å²) in [6.07, 6.45) is 3.73. The Morgan fingerprint density at radius 1 is 1.25 bits per heavy atom. The van der Waals surface area contributed by atoms with E-state index in [-0.39, 0.29) is 12.6 Å². The van der Waals surface area contributed by atoms with Crippen LogP contribution in [0.4, 0.5) is 0 Å². The molecule has 0 spiro atoms. The summed E-state index contributed by atoms with van der Waals surface area (Å²) in [6, 6.07) is 10.2. The van der Waals surface area contributed by atoms with Gasteiger partial charge in [-0.2, -0.15) is 10.1 Å². The Balaban J connectivity index is 1.49. The molecule has 1 aliphatic carbocycles. The Kier molecular flexibility index (Phi) is 4.14. The summed E-state index contributed by atoms with van der Waals surface area (Å²) in [4.78, 5) is 9.11. The maximum Gasteiger partial charge on any atom is 0.278 e. The van der Waals surface area contributed by atoms with E-state index >= 15 is 0 Å². The molecule has 28 heavy (non-hydrogen) atoms. The van der Waals surface area contributed by atoms with E-state index < -0.39 is 0 Å². The summed E-state index contributed by atoms with van der Waals surface area (Å²) >= 11 is 0. The van der Waals surface area contributed by atoms with Gasteiger partial charge in [0.1, 0.15) is 5.69 Å². The second kappa shape index (κ2) is 6.81. The average Bonchev–Trinajstić information content (AvgIpc) is 3.43. The van der Waals surface area contributed by atoms with E-state index in [0.717, 1.165) is 29.7 Å². The molecule has 0 saturated heterocycles. The lowest BCUT2D eigenvalue weighted by molar-refractivity contribution is 0.284. The molecule has 0 fully saturated rings. The summed E-state index contributed by atoms with van der Waals surface area (Å²) in [7, 11) is 0. The minimum atomic E-state index is 0.132. The van der Waals surface area contributed by atoms with Crippen LogP contribution in [0.25, 0.3) is 28.6 Å². The SMILES string of the molecule is Cc1ccc2nc(-c3nc(-c4cccc5c4CCC5NCCO)no3)cn2n1. The lowest BCUT2D eigenvalue weighted by Gasteiger charge is -2.13. The molecule has 0 saturated carbocycles. The molecule has 142 valence electrons. The number of hydrogen-bond donors (Lipinski definition) is 2. The zero-order valence-electron chi connectivity index (χ0n) is 15.5. The van der Waals surface area contributed by atoms with Crippen LogP contribution < -0.4 is 5.32 Å². The first-order chi connectivity index (χ1) is 13.7. The lowest BCUT2D eigenvalue weighted by Crippen LogP contribution is -2.22. The molecule has 4 aromatic rings. The molecular formula is C20H20N6O2. The fourth-order valence-corrected chi connectivity index (χ4v) is 3.83. The van der Waals surface area contributed by atoms with Crippen LogP contribution in [-0.4, -0.2) is 43.0 Å². The van der Waals surface area contributed by atoms with Crippen LogP contribution in [0.1, 0.15) is 29.3 Å². The quantitative estimate of drug-likeness (QED) is 0.551. The highest BCUT2D eigenvalue weighted by Crippen LogP contribution is 2.37. The Morgan fingerprint density at radius 2 is 2.18 bits per heavy atom. The molecule has 0 bridgehead atoms. The molecular weight excluding hydrogens is 356 g/mol. The molecule has 1 aromatic carbocycles. The number of hydrogen-bond acceptors (Lipinski definition) is 7. The number of benzene rings is 1. The van der Waals surface area contributed by atoms with E-state index in [4.69, 9.17) is 9.63 Å². The number of nitrogens with zero attached hydrogens (tertiary/aromatic N) is 5. The number of fused-ring (bicyclic) bond motifs is 2. The summed E-state index contributed by atoms with van der Waals surface area (Å²) in [5.74, 6) is 0.944. The van der Waals surface area contributed by atoms with Crippen molar-refractivity contribution in [2.24, 2.45) is 0 Å². The number of aromatic nitrogens is 5. The maximum atomic E-state index is 9.08. The van der Waals surface area contributed by atoms with Crippen molar-refractivity contribution >= 4 is 5.65 Å². The van der Waals surface area contributed by atoms with E-state index in [1.54, 1.807) is 10.7 Å². The summed E-state index contributed by atoms with van der Waals surface area (Å²) in [5, 5.41) is 21.1. The molecule has 1 atom stereocenters. The highest BCUT2D eigenvalue weighted by molar-refractivity contribution is 5.65. The standard InChI is InChI=1S/C20H20N6O2/c1-12-5-8-18-22-17(11-26(18)24-12)20-23-19(25-28-20)15-4-2-3-14-13(15)6-7-16(14)21-9-10-27/h2-5,8,11,16,21,27H,6-7,9-10H2,1H3. The van der Waals surface area contributed by atoms with Crippen molar-refractivity contribution in [3.05, 3.63) is 53.3 Å². The largest absolute Gasteiger partial charge is 0.395 e. The van der Waals surface area contributed by atoms with Crippen LogP contribution in [0.5, 0.6) is 0 Å². The van der Waals surface area contributed by atoms with Crippen LogP contribution in [-0.2, 0) is 6.42 Å². The summed E-state index contributed by atoms with van der Waals surface area (Å²) < 4.78 is 7.22.